The van der Waals surface area contributed by atoms with E-state index in [1.165, 1.54) is 4.68 Å². The molecule has 1 atom stereocenters. The van der Waals surface area contributed by atoms with E-state index < -0.39 is 11.9 Å². The summed E-state index contributed by atoms with van der Waals surface area (Å²) in [5.41, 5.74) is 6.44. The Kier molecular flexibility index (Phi) is 3.77. The number of nitrogens with zero attached hydrogens (tertiary/aromatic N) is 4. The molecule has 2 fully saturated rings. The van der Waals surface area contributed by atoms with Gasteiger partial charge in [-0.2, -0.15) is 5.10 Å². The van der Waals surface area contributed by atoms with Crippen molar-refractivity contribution in [2.75, 3.05) is 20.1 Å². The Labute approximate surface area is 166 Å². The Morgan fingerprint density at radius 1 is 1.36 bits per heavy atom. The standard InChI is InChI=1S/C20H25N5O2S/c1-11(2)17-22-25(18(27)14-6-12-4-5-28-19(12)24(14)17)15(16(21)26)13-7-20(8-13)9-23(3)10-20/h4-6,11,13,15H,7-10H2,1-3H3,(H2,21,26). The van der Waals surface area contributed by atoms with E-state index in [-0.39, 0.29) is 17.4 Å². The van der Waals surface area contributed by atoms with Gasteiger partial charge in [0.25, 0.3) is 5.56 Å². The number of primary amides is 1. The van der Waals surface area contributed by atoms with E-state index in [2.05, 4.69) is 25.8 Å². The minimum absolute atomic E-state index is 0.0786. The lowest BCUT2D eigenvalue weighted by molar-refractivity contribution is -0.134. The molecule has 1 aliphatic carbocycles. The highest BCUT2D eigenvalue weighted by Gasteiger charge is 2.54. The van der Waals surface area contributed by atoms with Crippen molar-refractivity contribution in [3.63, 3.8) is 0 Å². The molecule has 0 aromatic carbocycles. The number of carbonyl (C=O) groups is 1. The van der Waals surface area contributed by atoms with Gasteiger partial charge < -0.3 is 10.6 Å². The fourth-order valence-corrected chi connectivity index (χ4v) is 6.28. The summed E-state index contributed by atoms with van der Waals surface area (Å²) in [7, 11) is 2.11. The molecule has 8 heteroatoms. The Morgan fingerprint density at radius 2 is 2.07 bits per heavy atom. The SMILES string of the molecule is CC(C)c1nn(C(C(N)=O)C2CC3(C2)CN(C)C3)c(=O)c2cc3ccsc3n12. The highest BCUT2D eigenvalue weighted by molar-refractivity contribution is 7.16. The fourth-order valence-electron chi connectivity index (χ4n) is 5.37. The number of rotatable bonds is 4. The normalized spacial score (nSPS) is 20.7. The molecular weight excluding hydrogens is 374 g/mol. The monoisotopic (exact) mass is 399 g/mol. The van der Waals surface area contributed by atoms with Crippen LogP contribution in [0, 0.1) is 11.3 Å². The summed E-state index contributed by atoms with van der Waals surface area (Å²) in [5, 5.41) is 7.74. The van der Waals surface area contributed by atoms with Crippen LogP contribution in [0.5, 0.6) is 0 Å². The molecule has 28 heavy (non-hydrogen) atoms. The van der Waals surface area contributed by atoms with E-state index in [4.69, 9.17) is 10.8 Å². The number of hydrogen-bond acceptors (Lipinski definition) is 5. The minimum Gasteiger partial charge on any atom is -0.368 e. The Morgan fingerprint density at radius 3 is 2.68 bits per heavy atom. The summed E-state index contributed by atoms with van der Waals surface area (Å²) in [6.45, 7) is 6.22. The number of carbonyl (C=O) groups excluding carboxylic acids is 1. The van der Waals surface area contributed by atoms with E-state index in [1.54, 1.807) is 11.3 Å². The average Bonchev–Trinajstić information content (AvgIpc) is 3.14. The number of nitrogens with two attached hydrogens (primary N) is 1. The van der Waals surface area contributed by atoms with Gasteiger partial charge in [-0.05, 0) is 48.7 Å². The maximum Gasteiger partial charge on any atom is 0.291 e. The molecule has 1 aliphatic heterocycles. The first-order chi connectivity index (χ1) is 13.3. The van der Waals surface area contributed by atoms with Gasteiger partial charge in [0.1, 0.15) is 22.2 Å². The van der Waals surface area contributed by atoms with Crippen LogP contribution in [0.3, 0.4) is 0 Å². The third-order valence-electron chi connectivity index (χ3n) is 6.40. The highest BCUT2D eigenvalue weighted by atomic mass is 32.1. The molecule has 4 heterocycles. The van der Waals surface area contributed by atoms with E-state index in [0.717, 1.165) is 42.0 Å². The van der Waals surface area contributed by atoms with Crippen molar-refractivity contribution in [2.24, 2.45) is 17.1 Å². The van der Waals surface area contributed by atoms with Gasteiger partial charge in [0, 0.05) is 24.4 Å². The lowest BCUT2D eigenvalue weighted by Gasteiger charge is -2.59. The number of aromatic nitrogens is 3. The molecule has 1 saturated heterocycles. The largest absolute Gasteiger partial charge is 0.368 e. The van der Waals surface area contributed by atoms with Crippen molar-refractivity contribution >= 4 is 33.0 Å². The molecule has 1 saturated carbocycles. The molecule has 7 nitrogen and oxygen atoms in total. The molecule has 148 valence electrons. The van der Waals surface area contributed by atoms with Gasteiger partial charge in [0.05, 0.1) is 0 Å². The van der Waals surface area contributed by atoms with Gasteiger partial charge in [0.2, 0.25) is 5.91 Å². The number of fused-ring (bicyclic) bond motifs is 3. The quantitative estimate of drug-likeness (QED) is 0.729. The zero-order valence-corrected chi connectivity index (χ0v) is 17.2. The van der Waals surface area contributed by atoms with Gasteiger partial charge in [-0.1, -0.05) is 13.8 Å². The van der Waals surface area contributed by atoms with Gasteiger partial charge in [-0.25, -0.2) is 4.68 Å². The van der Waals surface area contributed by atoms with Crippen LogP contribution in [0.25, 0.3) is 15.7 Å². The van der Waals surface area contributed by atoms with Gasteiger partial charge in [-0.15, -0.1) is 11.3 Å². The van der Waals surface area contributed by atoms with E-state index in [0.29, 0.717) is 10.9 Å². The highest BCUT2D eigenvalue weighted by Crippen LogP contribution is 2.54. The second-order valence-electron chi connectivity index (χ2n) is 9.00. The van der Waals surface area contributed by atoms with Crippen LogP contribution in [0.1, 0.15) is 44.5 Å². The predicted octanol–water partition coefficient (Wildman–Crippen LogP) is 2.20. The van der Waals surface area contributed by atoms with Crippen LogP contribution in [-0.2, 0) is 4.79 Å². The lowest BCUT2D eigenvalue weighted by Crippen LogP contribution is -2.62. The molecule has 3 aromatic heterocycles. The van der Waals surface area contributed by atoms with Crippen molar-refractivity contribution in [1.82, 2.24) is 19.1 Å². The smallest absolute Gasteiger partial charge is 0.291 e. The maximum absolute atomic E-state index is 13.3. The fraction of sp³-hybridized carbons (Fsp3) is 0.550. The number of hydrogen-bond donors (Lipinski definition) is 1. The van der Waals surface area contributed by atoms with Crippen LogP contribution in [-0.4, -0.2) is 45.1 Å². The van der Waals surface area contributed by atoms with Crippen LogP contribution < -0.4 is 11.3 Å². The van der Waals surface area contributed by atoms with Crippen LogP contribution in [0.2, 0.25) is 0 Å². The van der Waals surface area contributed by atoms with Gasteiger partial charge >= 0.3 is 0 Å². The molecular formula is C20H25N5O2S. The summed E-state index contributed by atoms with van der Waals surface area (Å²) in [4.78, 5) is 29.0. The van der Waals surface area contributed by atoms with Gasteiger partial charge in [0.15, 0.2) is 0 Å². The Hall–Kier alpha value is -2.19. The van der Waals surface area contributed by atoms with E-state index in [1.807, 2.05) is 21.9 Å². The Balaban J connectivity index is 1.63. The van der Waals surface area contributed by atoms with Crippen molar-refractivity contribution in [1.29, 1.82) is 0 Å². The third kappa shape index (κ3) is 2.40. The summed E-state index contributed by atoms with van der Waals surface area (Å²) in [5.74, 6) is 0.508. The molecule has 0 bridgehead atoms. The summed E-state index contributed by atoms with van der Waals surface area (Å²) in [6, 6.07) is 3.23. The van der Waals surface area contributed by atoms with Crippen molar-refractivity contribution < 1.29 is 4.79 Å². The zero-order chi connectivity index (χ0) is 19.8. The van der Waals surface area contributed by atoms with Gasteiger partial charge in [-0.3, -0.25) is 14.0 Å². The number of thiophene rings is 1. The molecule has 2 N–H and O–H groups in total. The molecule has 0 radical (unpaired) electrons. The second kappa shape index (κ2) is 5.90. The predicted molar refractivity (Wildman–Crippen MR) is 110 cm³/mol. The summed E-state index contributed by atoms with van der Waals surface area (Å²) < 4.78 is 3.33. The first-order valence-electron chi connectivity index (χ1n) is 9.79. The molecule has 5 rings (SSSR count). The topological polar surface area (TPSA) is 85.6 Å². The molecule has 1 unspecified atom stereocenters. The number of likely N-dealkylation sites (tertiary alicyclic amines) is 1. The van der Waals surface area contributed by atoms with E-state index >= 15 is 0 Å². The molecule has 2 aliphatic rings. The first kappa shape index (κ1) is 17.9. The first-order valence-corrected chi connectivity index (χ1v) is 10.7. The van der Waals surface area contributed by atoms with Crippen LogP contribution in [0.15, 0.2) is 22.3 Å². The number of amides is 1. The zero-order valence-electron chi connectivity index (χ0n) is 16.4. The van der Waals surface area contributed by atoms with Crippen molar-refractivity contribution in [2.45, 2.75) is 38.6 Å². The van der Waals surface area contributed by atoms with E-state index in [9.17, 15) is 9.59 Å². The minimum atomic E-state index is -0.681. The molecule has 3 aromatic rings. The maximum atomic E-state index is 13.3. The average molecular weight is 400 g/mol. The third-order valence-corrected chi connectivity index (χ3v) is 7.31. The second-order valence-corrected chi connectivity index (χ2v) is 9.89. The Bertz CT molecular complexity index is 1140. The van der Waals surface area contributed by atoms with Crippen LogP contribution >= 0.6 is 11.3 Å². The van der Waals surface area contributed by atoms with Crippen LogP contribution in [0.4, 0.5) is 0 Å². The van der Waals surface area contributed by atoms with Crippen molar-refractivity contribution in [3.8, 4) is 0 Å². The lowest BCUT2D eigenvalue weighted by atomic mass is 9.56. The summed E-state index contributed by atoms with van der Waals surface area (Å²) in [6.07, 6.45) is 1.86. The summed E-state index contributed by atoms with van der Waals surface area (Å²) >= 11 is 1.60. The molecule has 1 spiro atoms. The molecule has 1 amide bonds. The van der Waals surface area contributed by atoms with Crippen molar-refractivity contribution in [3.05, 3.63) is 33.7 Å².